The number of anilines is 1. The molecule has 0 aliphatic carbocycles. The number of hydrogen-bond acceptors (Lipinski definition) is 5. The van der Waals surface area contributed by atoms with Gasteiger partial charge in [0.1, 0.15) is 23.7 Å². The number of carbonyl (C=O) groups is 3. The van der Waals surface area contributed by atoms with Crippen LogP contribution in [-0.4, -0.2) is 23.0 Å². The SMILES string of the molecule is O=C1NC(=O)N(c2ccc(OCc3ccccc3)cc2)C(=O)C1=Cc1ccc(O)c(Cl)c1. The van der Waals surface area contributed by atoms with Gasteiger partial charge < -0.3 is 9.84 Å². The molecular weight excluding hydrogens is 432 g/mol. The highest BCUT2D eigenvalue weighted by Crippen LogP contribution is 2.27. The van der Waals surface area contributed by atoms with E-state index < -0.39 is 17.8 Å². The lowest BCUT2D eigenvalue weighted by molar-refractivity contribution is -0.122. The number of imide groups is 2. The van der Waals surface area contributed by atoms with E-state index in [0.29, 0.717) is 17.9 Å². The molecule has 0 unspecified atom stereocenters. The molecule has 1 fully saturated rings. The molecule has 32 heavy (non-hydrogen) atoms. The maximum absolute atomic E-state index is 13.0. The summed E-state index contributed by atoms with van der Waals surface area (Å²) in [5.41, 5.74) is 1.47. The maximum Gasteiger partial charge on any atom is 0.335 e. The quantitative estimate of drug-likeness (QED) is 0.448. The normalized spacial score (nSPS) is 15.1. The molecular formula is C24H17ClN2O5. The van der Waals surface area contributed by atoms with Gasteiger partial charge in [0.05, 0.1) is 10.7 Å². The number of halogens is 1. The van der Waals surface area contributed by atoms with Gasteiger partial charge in [0, 0.05) is 0 Å². The van der Waals surface area contributed by atoms with E-state index in [0.717, 1.165) is 10.5 Å². The number of ether oxygens (including phenoxy) is 1. The Balaban J connectivity index is 1.55. The molecule has 1 aliphatic rings. The molecule has 3 aromatic carbocycles. The highest BCUT2D eigenvalue weighted by atomic mass is 35.5. The Morgan fingerprint density at radius 3 is 2.38 bits per heavy atom. The molecule has 0 atom stereocenters. The predicted molar refractivity (Wildman–Crippen MR) is 119 cm³/mol. The van der Waals surface area contributed by atoms with E-state index in [1.165, 1.54) is 24.3 Å². The van der Waals surface area contributed by atoms with Gasteiger partial charge in [-0.3, -0.25) is 14.9 Å². The molecule has 0 saturated carbocycles. The number of phenols is 1. The number of nitrogens with zero attached hydrogens (tertiary/aromatic N) is 1. The van der Waals surface area contributed by atoms with Crippen molar-refractivity contribution in [3.05, 3.63) is 94.5 Å². The number of phenolic OH excluding ortho intramolecular Hbond substituents is 1. The zero-order valence-corrected chi connectivity index (χ0v) is 17.4. The van der Waals surface area contributed by atoms with Crippen molar-refractivity contribution in [2.24, 2.45) is 0 Å². The Labute approximate surface area is 188 Å². The summed E-state index contributed by atoms with van der Waals surface area (Å²) in [6.45, 7) is 0.375. The van der Waals surface area contributed by atoms with E-state index in [1.54, 1.807) is 24.3 Å². The third-order valence-electron chi connectivity index (χ3n) is 4.73. The number of nitrogens with one attached hydrogen (secondary N) is 1. The molecule has 2 N–H and O–H groups in total. The smallest absolute Gasteiger partial charge is 0.335 e. The van der Waals surface area contributed by atoms with Crippen LogP contribution < -0.4 is 15.0 Å². The van der Waals surface area contributed by atoms with E-state index in [9.17, 15) is 19.5 Å². The minimum atomic E-state index is -0.848. The average molecular weight is 449 g/mol. The Morgan fingerprint density at radius 1 is 0.969 bits per heavy atom. The van der Waals surface area contributed by atoms with E-state index in [1.807, 2.05) is 30.3 Å². The summed E-state index contributed by atoms with van der Waals surface area (Å²) in [4.78, 5) is 38.5. The number of aromatic hydroxyl groups is 1. The van der Waals surface area contributed by atoms with Gasteiger partial charge in [-0.1, -0.05) is 48.0 Å². The zero-order valence-electron chi connectivity index (χ0n) is 16.6. The number of carbonyl (C=O) groups excluding carboxylic acids is 3. The van der Waals surface area contributed by atoms with Crippen molar-refractivity contribution in [1.29, 1.82) is 0 Å². The molecule has 160 valence electrons. The van der Waals surface area contributed by atoms with Crippen LogP contribution in [0.4, 0.5) is 10.5 Å². The van der Waals surface area contributed by atoms with Gasteiger partial charge in [0.15, 0.2) is 0 Å². The van der Waals surface area contributed by atoms with Gasteiger partial charge >= 0.3 is 6.03 Å². The van der Waals surface area contributed by atoms with Crippen LogP contribution in [0.1, 0.15) is 11.1 Å². The lowest BCUT2D eigenvalue weighted by Crippen LogP contribution is -2.54. The number of urea groups is 1. The van der Waals surface area contributed by atoms with Gasteiger partial charge in [0.25, 0.3) is 11.8 Å². The Morgan fingerprint density at radius 2 is 1.69 bits per heavy atom. The molecule has 8 heteroatoms. The van der Waals surface area contributed by atoms with E-state index in [2.05, 4.69) is 5.32 Å². The van der Waals surface area contributed by atoms with Gasteiger partial charge in [-0.25, -0.2) is 9.69 Å². The van der Waals surface area contributed by atoms with Crippen LogP contribution in [0, 0.1) is 0 Å². The van der Waals surface area contributed by atoms with Gasteiger partial charge in [-0.2, -0.15) is 0 Å². The van der Waals surface area contributed by atoms with Gasteiger partial charge in [0.2, 0.25) is 0 Å². The summed E-state index contributed by atoms with van der Waals surface area (Å²) in [5.74, 6) is -1.16. The minimum absolute atomic E-state index is 0.0713. The van der Waals surface area contributed by atoms with Crippen LogP contribution in [0.15, 0.2) is 78.4 Å². The fourth-order valence-electron chi connectivity index (χ4n) is 3.10. The Hall–Kier alpha value is -4.10. The first-order chi connectivity index (χ1) is 15.4. The number of amides is 4. The lowest BCUT2D eigenvalue weighted by atomic mass is 10.1. The summed E-state index contributed by atoms with van der Waals surface area (Å²) in [6, 6.07) is 19.4. The van der Waals surface area contributed by atoms with Crippen LogP contribution >= 0.6 is 11.6 Å². The molecule has 0 bridgehead atoms. The zero-order chi connectivity index (χ0) is 22.7. The number of benzene rings is 3. The fourth-order valence-corrected chi connectivity index (χ4v) is 3.29. The Kier molecular flexibility index (Phi) is 5.91. The summed E-state index contributed by atoms with van der Waals surface area (Å²) in [5, 5.41) is 11.8. The van der Waals surface area contributed by atoms with Crippen molar-refractivity contribution in [2.75, 3.05) is 4.90 Å². The fraction of sp³-hybridized carbons (Fsp3) is 0.0417. The standard InChI is InChI=1S/C24H17ClN2O5/c25-20-13-16(6-11-21(20)28)12-19-22(29)26-24(31)27(23(19)30)17-7-9-18(10-8-17)32-14-15-4-2-1-3-5-15/h1-13,28H,14H2,(H,26,29,31). The van der Waals surface area contributed by atoms with Crippen LogP contribution in [-0.2, 0) is 16.2 Å². The average Bonchev–Trinajstić information content (AvgIpc) is 2.79. The van der Waals surface area contributed by atoms with Gasteiger partial charge in [-0.15, -0.1) is 0 Å². The summed E-state index contributed by atoms with van der Waals surface area (Å²) in [7, 11) is 0. The van der Waals surface area contributed by atoms with Crippen molar-refractivity contribution in [3.63, 3.8) is 0 Å². The van der Waals surface area contributed by atoms with Crippen LogP contribution in [0.2, 0.25) is 5.02 Å². The summed E-state index contributed by atoms with van der Waals surface area (Å²) < 4.78 is 5.72. The largest absolute Gasteiger partial charge is 0.506 e. The second-order valence-electron chi connectivity index (χ2n) is 6.94. The second-order valence-corrected chi connectivity index (χ2v) is 7.34. The van der Waals surface area contributed by atoms with Crippen molar-refractivity contribution in [3.8, 4) is 11.5 Å². The first kappa shape index (κ1) is 21.1. The number of hydrogen-bond donors (Lipinski definition) is 2. The molecule has 4 rings (SSSR count). The maximum atomic E-state index is 13.0. The molecule has 1 heterocycles. The number of barbiturate groups is 1. The van der Waals surface area contributed by atoms with E-state index in [-0.39, 0.29) is 22.0 Å². The summed E-state index contributed by atoms with van der Waals surface area (Å²) >= 11 is 5.89. The minimum Gasteiger partial charge on any atom is -0.506 e. The highest BCUT2D eigenvalue weighted by molar-refractivity contribution is 6.39. The molecule has 0 aromatic heterocycles. The molecule has 0 spiro atoms. The monoisotopic (exact) mass is 448 g/mol. The Bertz CT molecular complexity index is 1220. The number of rotatable bonds is 5. The molecule has 1 aliphatic heterocycles. The topological polar surface area (TPSA) is 95.9 Å². The molecule has 3 aromatic rings. The van der Waals surface area contributed by atoms with Crippen molar-refractivity contribution in [1.82, 2.24) is 5.32 Å². The van der Waals surface area contributed by atoms with Crippen LogP contribution in [0.5, 0.6) is 11.5 Å². The van der Waals surface area contributed by atoms with Gasteiger partial charge in [-0.05, 0) is 53.6 Å². The molecule has 0 radical (unpaired) electrons. The summed E-state index contributed by atoms with van der Waals surface area (Å²) in [6.07, 6.45) is 1.31. The highest BCUT2D eigenvalue weighted by Gasteiger charge is 2.36. The van der Waals surface area contributed by atoms with Crippen molar-refractivity contribution in [2.45, 2.75) is 6.61 Å². The third-order valence-corrected chi connectivity index (χ3v) is 5.03. The lowest BCUT2D eigenvalue weighted by Gasteiger charge is -2.26. The van der Waals surface area contributed by atoms with Crippen molar-refractivity contribution < 1.29 is 24.2 Å². The third kappa shape index (κ3) is 4.48. The molecule has 1 saturated heterocycles. The molecule has 7 nitrogen and oxygen atoms in total. The van der Waals surface area contributed by atoms with Crippen LogP contribution in [0.25, 0.3) is 6.08 Å². The van der Waals surface area contributed by atoms with E-state index in [4.69, 9.17) is 16.3 Å². The first-order valence-electron chi connectivity index (χ1n) is 9.59. The predicted octanol–water partition coefficient (Wildman–Crippen LogP) is 4.29. The van der Waals surface area contributed by atoms with Crippen LogP contribution in [0.3, 0.4) is 0 Å². The molecule has 4 amide bonds. The van der Waals surface area contributed by atoms with E-state index >= 15 is 0 Å². The first-order valence-corrected chi connectivity index (χ1v) is 9.97. The second kappa shape index (κ2) is 8.95. The van der Waals surface area contributed by atoms with Crippen molar-refractivity contribution >= 4 is 41.2 Å².